The van der Waals surface area contributed by atoms with Gasteiger partial charge in [0.2, 0.25) is 0 Å². The van der Waals surface area contributed by atoms with E-state index < -0.39 is 0 Å². The number of benzene rings is 1. The number of esters is 1. The Morgan fingerprint density at radius 3 is 2.39 bits per heavy atom. The Bertz CT molecular complexity index is 312. The molecule has 18 heavy (non-hydrogen) atoms. The summed E-state index contributed by atoms with van der Waals surface area (Å²) in [5, 5.41) is 3.14. The van der Waals surface area contributed by atoms with E-state index >= 15 is 0 Å². The van der Waals surface area contributed by atoms with Gasteiger partial charge in [-0.2, -0.15) is 0 Å². The molecule has 1 unspecified atom stereocenters. The van der Waals surface area contributed by atoms with Gasteiger partial charge in [-0.25, -0.2) is 0 Å². The van der Waals surface area contributed by atoms with Gasteiger partial charge in [0.1, 0.15) is 0 Å². The van der Waals surface area contributed by atoms with E-state index in [9.17, 15) is 4.79 Å². The molecule has 0 heterocycles. The number of methoxy groups -OCH3 is 1. The number of carbonyl (C=O) groups excluding carboxylic acids is 1. The fourth-order valence-corrected chi connectivity index (χ4v) is 1.62. The summed E-state index contributed by atoms with van der Waals surface area (Å²) in [7, 11) is 3.30. The van der Waals surface area contributed by atoms with Crippen molar-refractivity contribution < 1.29 is 9.53 Å². The van der Waals surface area contributed by atoms with Gasteiger partial charge in [-0.1, -0.05) is 44.2 Å². The van der Waals surface area contributed by atoms with Gasteiger partial charge >= 0.3 is 5.97 Å². The molecule has 0 radical (unpaired) electrons. The highest BCUT2D eigenvalue weighted by Gasteiger charge is 2.11. The summed E-state index contributed by atoms with van der Waals surface area (Å²) in [5.74, 6) is -0.160. The zero-order valence-electron chi connectivity index (χ0n) is 11.9. The van der Waals surface area contributed by atoms with Crippen LogP contribution in [0.1, 0.15) is 32.3 Å². The van der Waals surface area contributed by atoms with Crippen LogP contribution in [0.2, 0.25) is 0 Å². The lowest BCUT2D eigenvalue weighted by Gasteiger charge is -2.14. The Morgan fingerprint density at radius 2 is 1.89 bits per heavy atom. The number of aryl methyl sites for hydroxylation is 1. The molecule has 0 aromatic heterocycles. The van der Waals surface area contributed by atoms with Gasteiger partial charge in [-0.3, -0.25) is 4.79 Å². The molecule has 0 saturated heterocycles. The predicted octanol–water partition coefficient (Wildman–Crippen LogP) is 2.80. The molecule has 1 atom stereocenters. The fraction of sp³-hybridized carbons (Fsp3) is 0.533. The minimum absolute atomic E-state index is 0.160. The van der Waals surface area contributed by atoms with E-state index in [0.29, 0.717) is 6.42 Å². The molecular weight excluding hydrogens is 226 g/mol. The van der Waals surface area contributed by atoms with Gasteiger partial charge in [-0.05, 0) is 25.5 Å². The van der Waals surface area contributed by atoms with E-state index in [0.717, 1.165) is 12.8 Å². The lowest BCUT2D eigenvalue weighted by atomic mass is 10.0. The summed E-state index contributed by atoms with van der Waals surface area (Å²) in [5.41, 5.74) is 1.30. The molecule has 0 saturated carbocycles. The summed E-state index contributed by atoms with van der Waals surface area (Å²) >= 11 is 0. The van der Waals surface area contributed by atoms with Gasteiger partial charge in [0.05, 0.1) is 13.5 Å². The van der Waals surface area contributed by atoms with Crippen LogP contribution in [0.25, 0.3) is 0 Å². The highest BCUT2D eigenvalue weighted by Crippen LogP contribution is 2.07. The van der Waals surface area contributed by atoms with Gasteiger partial charge in [-0.15, -0.1) is 0 Å². The van der Waals surface area contributed by atoms with Crippen LogP contribution in [0, 0.1) is 0 Å². The Balaban J connectivity index is 0.00000137. The molecule has 3 nitrogen and oxygen atoms in total. The van der Waals surface area contributed by atoms with E-state index in [4.69, 9.17) is 0 Å². The van der Waals surface area contributed by atoms with Crippen molar-refractivity contribution in [1.82, 2.24) is 5.32 Å². The third kappa shape index (κ3) is 7.07. The number of hydrogen-bond acceptors (Lipinski definition) is 3. The second-order valence-electron chi connectivity index (χ2n) is 3.79. The molecule has 1 aromatic rings. The smallest absolute Gasteiger partial charge is 0.307 e. The molecule has 0 amide bonds. The lowest BCUT2D eigenvalue weighted by Crippen LogP contribution is -2.29. The third-order valence-corrected chi connectivity index (χ3v) is 2.67. The van der Waals surface area contributed by atoms with Crippen molar-refractivity contribution in [2.24, 2.45) is 0 Å². The number of carbonyl (C=O) groups is 1. The van der Waals surface area contributed by atoms with Crippen molar-refractivity contribution in [2.45, 2.75) is 39.2 Å². The van der Waals surface area contributed by atoms with Crippen molar-refractivity contribution in [3.63, 3.8) is 0 Å². The summed E-state index contributed by atoms with van der Waals surface area (Å²) in [6, 6.07) is 10.5. The first kappa shape index (κ1) is 16.6. The van der Waals surface area contributed by atoms with Crippen LogP contribution < -0.4 is 5.32 Å². The summed E-state index contributed by atoms with van der Waals surface area (Å²) in [4.78, 5) is 11.1. The fourth-order valence-electron chi connectivity index (χ4n) is 1.62. The maximum Gasteiger partial charge on any atom is 0.307 e. The largest absolute Gasteiger partial charge is 0.469 e. The highest BCUT2D eigenvalue weighted by molar-refractivity contribution is 5.69. The van der Waals surface area contributed by atoms with Crippen LogP contribution in [0.4, 0.5) is 0 Å². The second kappa shape index (κ2) is 10.8. The zero-order chi connectivity index (χ0) is 13.8. The van der Waals surface area contributed by atoms with E-state index in [2.05, 4.69) is 22.2 Å². The number of nitrogens with one attached hydrogen (secondary N) is 1. The summed E-state index contributed by atoms with van der Waals surface area (Å²) in [6.45, 7) is 4.00. The average Bonchev–Trinajstić information content (AvgIpc) is 2.46. The molecule has 0 spiro atoms. The SMILES string of the molecule is CC.CNC(CCc1ccccc1)CC(=O)OC. The van der Waals surface area contributed by atoms with Crippen molar-refractivity contribution in [3.05, 3.63) is 35.9 Å². The second-order valence-corrected chi connectivity index (χ2v) is 3.79. The van der Waals surface area contributed by atoms with Gasteiger partial charge in [0.25, 0.3) is 0 Å². The third-order valence-electron chi connectivity index (χ3n) is 2.67. The lowest BCUT2D eigenvalue weighted by molar-refractivity contribution is -0.141. The van der Waals surface area contributed by atoms with E-state index in [1.54, 1.807) is 0 Å². The summed E-state index contributed by atoms with van der Waals surface area (Å²) in [6.07, 6.45) is 2.35. The number of hydrogen-bond donors (Lipinski definition) is 1. The first-order valence-electron chi connectivity index (χ1n) is 6.54. The Morgan fingerprint density at radius 1 is 1.28 bits per heavy atom. The van der Waals surface area contributed by atoms with Crippen molar-refractivity contribution in [3.8, 4) is 0 Å². The quantitative estimate of drug-likeness (QED) is 0.790. The first-order valence-corrected chi connectivity index (χ1v) is 6.54. The van der Waals surface area contributed by atoms with Crippen LogP contribution in [-0.2, 0) is 16.0 Å². The van der Waals surface area contributed by atoms with Crippen LogP contribution in [0.3, 0.4) is 0 Å². The molecule has 1 rings (SSSR count). The first-order chi connectivity index (χ1) is 8.76. The van der Waals surface area contributed by atoms with Crippen LogP contribution in [0.5, 0.6) is 0 Å². The van der Waals surface area contributed by atoms with Gasteiger partial charge in [0, 0.05) is 6.04 Å². The number of ether oxygens (including phenoxy) is 1. The van der Waals surface area contributed by atoms with Crippen LogP contribution >= 0.6 is 0 Å². The molecule has 0 bridgehead atoms. The molecule has 3 heteroatoms. The van der Waals surface area contributed by atoms with Crippen molar-refractivity contribution in [2.75, 3.05) is 14.2 Å². The molecule has 0 aliphatic carbocycles. The van der Waals surface area contributed by atoms with E-state index in [1.807, 2.05) is 39.1 Å². The summed E-state index contributed by atoms with van der Waals surface area (Å²) < 4.78 is 4.66. The van der Waals surface area contributed by atoms with Crippen molar-refractivity contribution >= 4 is 5.97 Å². The normalized spacial score (nSPS) is 11.1. The molecule has 0 aliphatic heterocycles. The molecule has 0 fully saturated rings. The molecular formula is C15H25NO2. The molecule has 1 aromatic carbocycles. The highest BCUT2D eigenvalue weighted by atomic mass is 16.5. The van der Waals surface area contributed by atoms with Crippen LogP contribution in [0.15, 0.2) is 30.3 Å². The maximum atomic E-state index is 11.1. The standard InChI is InChI=1S/C13H19NO2.C2H6/c1-14-12(10-13(15)16-2)9-8-11-6-4-3-5-7-11;1-2/h3-7,12,14H,8-10H2,1-2H3;1-2H3. The minimum atomic E-state index is -0.160. The van der Waals surface area contributed by atoms with E-state index in [1.165, 1.54) is 12.7 Å². The maximum absolute atomic E-state index is 11.1. The Labute approximate surface area is 111 Å². The Hall–Kier alpha value is -1.35. The molecule has 102 valence electrons. The van der Waals surface area contributed by atoms with E-state index in [-0.39, 0.29) is 12.0 Å². The van der Waals surface area contributed by atoms with Crippen molar-refractivity contribution in [1.29, 1.82) is 0 Å². The number of rotatable bonds is 6. The minimum Gasteiger partial charge on any atom is -0.469 e. The monoisotopic (exact) mass is 251 g/mol. The molecule has 0 aliphatic rings. The molecule has 1 N–H and O–H groups in total. The van der Waals surface area contributed by atoms with Crippen LogP contribution in [-0.4, -0.2) is 26.2 Å². The van der Waals surface area contributed by atoms with Gasteiger partial charge in [0.15, 0.2) is 0 Å². The average molecular weight is 251 g/mol. The zero-order valence-corrected chi connectivity index (χ0v) is 11.9. The Kier molecular flexibility index (Phi) is 9.97. The van der Waals surface area contributed by atoms with Gasteiger partial charge < -0.3 is 10.1 Å². The topological polar surface area (TPSA) is 38.3 Å². The predicted molar refractivity (Wildman–Crippen MR) is 75.6 cm³/mol.